The van der Waals surface area contributed by atoms with E-state index in [2.05, 4.69) is 38.4 Å². The monoisotopic (exact) mass is 283 g/mol. The Morgan fingerprint density at radius 3 is 3.00 bits per heavy atom. The molecule has 1 N–H and O–H groups in total. The van der Waals surface area contributed by atoms with Crippen molar-refractivity contribution in [2.75, 3.05) is 18.0 Å². The molecule has 0 spiro atoms. The third-order valence-electron chi connectivity index (χ3n) is 4.07. The predicted molar refractivity (Wildman–Crippen MR) is 83.1 cm³/mol. The Bertz CT molecular complexity index is 545. The fraction of sp³-hybridized carbons (Fsp3) is 0.438. The number of anilines is 1. The highest BCUT2D eigenvalue weighted by Crippen LogP contribution is 2.23. The van der Waals surface area contributed by atoms with Gasteiger partial charge in [0.2, 0.25) is 0 Å². The Labute approximate surface area is 125 Å². The minimum Gasteiger partial charge on any atom is -0.351 e. The van der Waals surface area contributed by atoms with Gasteiger partial charge >= 0.3 is 0 Å². The number of hydrogen-bond acceptors (Lipinski definition) is 5. The first-order chi connectivity index (χ1) is 10.3. The molecule has 3 rings (SSSR count). The van der Waals surface area contributed by atoms with Crippen LogP contribution in [0.5, 0.6) is 0 Å². The van der Waals surface area contributed by atoms with Gasteiger partial charge in [-0.3, -0.25) is 4.98 Å². The zero-order valence-corrected chi connectivity index (χ0v) is 12.3. The van der Waals surface area contributed by atoms with Crippen molar-refractivity contribution in [1.82, 2.24) is 20.5 Å². The highest BCUT2D eigenvalue weighted by molar-refractivity contribution is 5.39. The fourth-order valence-electron chi connectivity index (χ4n) is 2.86. The Hall–Kier alpha value is -2.01. The second-order valence-electron chi connectivity index (χ2n) is 5.49. The molecule has 0 bridgehead atoms. The van der Waals surface area contributed by atoms with Crippen LogP contribution in [0.25, 0.3) is 0 Å². The van der Waals surface area contributed by atoms with Crippen LogP contribution >= 0.6 is 0 Å². The van der Waals surface area contributed by atoms with E-state index < -0.39 is 0 Å². The standard InChI is InChI=1S/C16H21N5/c1-13(14-5-2-8-17-11-14)18-12-15-6-4-10-21(15)16-7-3-9-19-20-16/h2-3,5,7-9,11,13,15,18H,4,6,10,12H2,1H3. The molecule has 0 aromatic carbocycles. The van der Waals surface area contributed by atoms with Gasteiger partial charge in [-0.2, -0.15) is 5.10 Å². The molecule has 1 fully saturated rings. The normalized spacial score (nSPS) is 19.7. The number of nitrogens with zero attached hydrogens (tertiary/aromatic N) is 4. The summed E-state index contributed by atoms with van der Waals surface area (Å²) in [6, 6.07) is 8.87. The molecular formula is C16H21N5. The van der Waals surface area contributed by atoms with Crippen LogP contribution in [-0.4, -0.2) is 34.3 Å². The largest absolute Gasteiger partial charge is 0.351 e. The van der Waals surface area contributed by atoms with Crippen molar-refractivity contribution in [3.63, 3.8) is 0 Å². The third-order valence-corrected chi connectivity index (χ3v) is 4.07. The van der Waals surface area contributed by atoms with Gasteiger partial charge in [-0.1, -0.05) is 6.07 Å². The molecule has 1 aliphatic rings. The van der Waals surface area contributed by atoms with E-state index in [9.17, 15) is 0 Å². The summed E-state index contributed by atoms with van der Waals surface area (Å²) in [6.07, 6.45) is 7.86. The molecular weight excluding hydrogens is 262 g/mol. The number of aromatic nitrogens is 3. The van der Waals surface area contributed by atoms with E-state index in [1.54, 1.807) is 6.20 Å². The molecule has 1 saturated heterocycles. The summed E-state index contributed by atoms with van der Waals surface area (Å²) in [4.78, 5) is 6.54. The molecule has 2 aromatic heterocycles. The lowest BCUT2D eigenvalue weighted by atomic mass is 10.1. The maximum absolute atomic E-state index is 4.23. The second kappa shape index (κ2) is 6.63. The Balaban J connectivity index is 1.60. The number of pyridine rings is 1. The van der Waals surface area contributed by atoms with Crippen molar-refractivity contribution < 1.29 is 0 Å². The number of nitrogens with one attached hydrogen (secondary N) is 1. The first-order valence-corrected chi connectivity index (χ1v) is 7.52. The molecule has 0 amide bonds. The Kier molecular flexibility index (Phi) is 4.40. The van der Waals surface area contributed by atoms with Gasteiger partial charge in [0, 0.05) is 43.8 Å². The van der Waals surface area contributed by atoms with E-state index in [-0.39, 0.29) is 0 Å². The van der Waals surface area contributed by atoms with Gasteiger partial charge in [0.25, 0.3) is 0 Å². The molecule has 1 aliphatic heterocycles. The van der Waals surface area contributed by atoms with E-state index in [0.717, 1.165) is 18.9 Å². The van der Waals surface area contributed by atoms with Gasteiger partial charge in [0.1, 0.15) is 0 Å². The molecule has 0 saturated carbocycles. The minimum absolute atomic E-state index is 0.308. The Morgan fingerprint density at radius 1 is 1.33 bits per heavy atom. The maximum Gasteiger partial charge on any atom is 0.151 e. The smallest absolute Gasteiger partial charge is 0.151 e. The summed E-state index contributed by atoms with van der Waals surface area (Å²) in [6.45, 7) is 4.19. The van der Waals surface area contributed by atoms with Crippen molar-refractivity contribution in [3.05, 3.63) is 48.4 Å². The maximum atomic E-state index is 4.23. The van der Waals surface area contributed by atoms with E-state index in [1.165, 1.54) is 18.4 Å². The first kappa shape index (κ1) is 13.9. The lowest BCUT2D eigenvalue weighted by Crippen LogP contribution is -2.39. The quantitative estimate of drug-likeness (QED) is 0.911. The summed E-state index contributed by atoms with van der Waals surface area (Å²) < 4.78 is 0. The van der Waals surface area contributed by atoms with Gasteiger partial charge in [-0.15, -0.1) is 5.10 Å². The fourth-order valence-corrected chi connectivity index (χ4v) is 2.86. The van der Waals surface area contributed by atoms with E-state index >= 15 is 0 Å². The lowest BCUT2D eigenvalue weighted by Gasteiger charge is -2.27. The van der Waals surface area contributed by atoms with Gasteiger partial charge in [0.15, 0.2) is 5.82 Å². The molecule has 3 heterocycles. The lowest BCUT2D eigenvalue weighted by molar-refractivity contribution is 0.512. The van der Waals surface area contributed by atoms with E-state index in [4.69, 9.17) is 0 Å². The molecule has 0 aliphatic carbocycles. The van der Waals surface area contributed by atoms with Gasteiger partial charge in [0.05, 0.1) is 0 Å². The van der Waals surface area contributed by atoms with Crippen LogP contribution in [0.3, 0.4) is 0 Å². The summed E-state index contributed by atoms with van der Waals surface area (Å²) in [5.41, 5.74) is 1.22. The zero-order valence-electron chi connectivity index (χ0n) is 12.3. The van der Waals surface area contributed by atoms with Crippen molar-refractivity contribution >= 4 is 5.82 Å². The number of rotatable bonds is 5. The molecule has 5 heteroatoms. The molecule has 2 unspecified atom stereocenters. The van der Waals surface area contributed by atoms with Crippen LogP contribution in [-0.2, 0) is 0 Å². The van der Waals surface area contributed by atoms with Gasteiger partial charge in [-0.05, 0) is 43.5 Å². The number of hydrogen-bond donors (Lipinski definition) is 1. The molecule has 2 atom stereocenters. The van der Waals surface area contributed by atoms with Crippen LogP contribution in [0, 0.1) is 0 Å². The SMILES string of the molecule is CC(NCC1CCCN1c1cccnn1)c1cccnc1. The van der Waals surface area contributed by atoms with Crippen LogP contribution in [0.15, 0.2) is 42.9 Å². The molecule has 5 nitrogen and oxygen atoms in total. The van der Waals surface area contributed by atoms with E-state index in [1.807, 2.05) is 30.6 Å². The predicted octanol–water partition coefficient (Wildman–Crippen LogP) is 2.19. The van der Waals surface area contributed by atoms with Crippen LogP contribution in [0.1, 0.15) is 31.4 Å². The molecule has 110 valence electrons. The van der Waals surface area contributed by atoms with Crippen LogP contribution in [0.4, 0.5) is 5.82 Å². The molecule has 0 radical (unpaired) electrons. The van der Waals surface area contributed by atoms with Crippen molar-refractivity contribution in [3.8, 4) is 0 Å². The highest BCUT2D eigenvalue weighted by Gasteiger charge is 2.25. The van der Waals surface area contributed by atoms with Crippen molar-refractivity contribution in [1.29, 1.82) is 0 Å². The molecule has 21 heavy (non-hydrogen) atoms. The van der Waals surface area contributed by atoms with E-state index in [0.29, 0.717) is 12.1 Å². The summed E-state index contributed by atoms with van der Waals surface area (Å²) >= 11 is 0. The first-order valence-electron chi connectivity index (χ1n) is 7.52. The highest BCUT2D eigenvalue weighted by atomic mass is 15.3. The summed E-state index contributed by atoms with van der Waals surface area (Å²) in [5, 5.41) is 11.8. The zero-order chi connectivity index (χ0) is 14.5. The van der Waals surface area contributed by atoms with Crippen molar-refractivity contribution in [2.24, 2.45) is 0 Å². The molecule has 2 aromatic rings. The van der Waals surface area contributed by atoms with Gasteiger partial charge in [-0.25, -0.2) is 0 Å². The second-order valence-corrected chi connectivity index (χ2v) is 5.49. The summed E-state index contributed by atoms with van der Waals surface area (Å²) in [7, 11) is 0. The van der Waals surface area contributed by atoms with Crippen LogP contribution < -0.4 is 10.2 Å². The Morgan fingerprint density at radius 2 is 2.24 bits per heavy atom. The van der Waals surface area contributed by atoms with Crippen LogP contribution in [0.2, 0.25) is 0 Å². The summed E-state index contributed by atoms with van der Waals surface area (Å²) in [5.74, 6) is 0.982. The average molecular weight is 283 g/mol. The minimum atomic E-state index is 0.308. The van der Waals surface area contributed by atoms with Gasteiger partial charge < -0.3 is 10.2 Å². The topological polar surface area (TPSA) is 53.9 Å². The average Bonchev–Trinajstić information content (AvgIpc) is 3.03. The van der Waals surface area contributed by atoms with Crippen molar-refractivity contribution in [2.45, 2.75) is 31.8 Å². The third kappa shape index (κ3) is 3.36.